The van der Waals surface area contributed by atoms with Gasteiger partial charge in [-0.15, -0.1) is 0 Å². The molecule has 0 radical (unpaired) electrons. The molecule has 0 aromatic heterocycles. The summed E-state index contributed by atoms with van der Waals surface area (Å²) in [7, 11) is 5.05. The third-order valence-corrected chi connectivity index (χ3v) is 14.5. The SMILES string of the molecule is CC(C)NC(CC(=O)C(C)C)C(=O)C(C)(C)C.CC(C)NC(CCC(=O)C(C)(C)C)C(=O)C(C)(C)C.CCC(CC(C)(C)C)OC(CC(C)(C)C)OC.CCC(CCOC(C)(C)C)OC(CCOC(C)(C)C)OC.CCC(COC(C)(C)C)OC(OC)C(COC(C)(C)C)OC(C)(C)C. The van der Waals surface area contributed by atoms with Crippen molar-refractivity contribution in [1.29, 1.82) is 0 Å². The lowest BCUT2D eigenvalue weighted by atomic mass is 9.82. The highest BCUT2D eigenvalue weighted by Gasteiger charge is 2.35. The number of carbonyl (C=O) groups excluding carboxylic acids is 4. The van der Waals surface area contributed by atoms with Crippen LogP contribution in [0.15, 0.2) is 0 Å². The topological polar surface area (TPSA) is 194 Å². The summed E-state index contributed by atoms with van der Waals surface area (Å²) in [5, 5.41) is 6.49. The van der Waals surface area contributed by atoms with Crippen LogP contribution in [0, 0.1) is 33.0 Å². The zero-order valence-corrected chi connectivity index (χ0v) is 73.0. The molecule has 17 heteroatoms. The second kappa shape index (κ2) is 49.1. The smallest absolute Gasteiger partial charge is 0.186 e. The fourth-order valence-electron chi connectivity index (χ4n) is 9.15. The van der Waals surface area contributed by atoms with Gasteiger partial charge in [0.25, 0.3) is 0 Å². The van der Waals surface area contributed by atoms with Crippen LogP contribution in [0.25, 0.3) is 0 Å². The maximum Gasteiger partial charge on any atom is 0.186 e. The molecule has 0 saturated heterocycles. The molecule has 0 rings (SSSR count). The van der Waals surface area contributed by atoms with Crippen LogP contribution in [0.5, 0.6) is 0 Å². The van der Waals surface area contributed by atoms with Crippen molar-refractivity contribution in [1.82, 2.24) is 10.6 Å². The lowest BCUT2D eigenvalue weighted by molar-refractivity contribution is -0.259. The quantitative estimate of drug-likeness (QED) is 0.0554. The Hall–Kier alpha value is -1.84. The van der Waals surface area contributed by atoms with E-state index < -0.39 is 11.7 Å². The van der Waals surface area contributed by atoms with Crippen molar-refractivity contribution in [3.05, 3.63) is 0 Å². The van der Waals surface area contributed by atoms with E-state index in [1.54, 1.807) is 21.3 Å². The molecule has 0 aliphatic carbocycles. The van der Waals surface area contributed by atoms with Crippen LogP contribution in [-0.2, 0) is 71.3 Å². The predicted octanol–water partition coefficient (Wildman–Crippen LogP) is 19.3. The van der Waals surface area contributed by atoms with Crippen molar-refractivity contribution in [2.45, 2.75) is 430 Å². The molecule has 0 aromatic carbocycles. The zero-order valence-electron chi connectivity index (χ0n) is 73.0. The van der Waals surface area contributed by atoms with E-state index in [1.807, 2.05) is 187 Å². The predicted molar refractivity (Wildman–Crippen MR) is 414 cm³/mol. The highest BCUT2D eigenvalue weighted by molar-refractivity contribution is 5.94. The largest absolute Gasteiger partial charge is 0.376 e. The van der Waals surface area contributed by atoms with E-state index in [0.717, 1.165) is 44.9 Å². The Morgan fingerprint density at radius 2 is 0.768 bits per heavy atom. The molecule has 99 heavy (non-hydrogen) atoms. The monoisotopic (exact) mass is 1420 g/mol. The average molecular weight is 1420 g/mol. The molecule has 0 heterocycles. The number of rotatable bonds is 38. The van der Waals surface area contributed by atoms with Crippen molar-refractivity contribution < 1.29 is 71.3 Å². The molecule has 0 aliphatic heterocycles. The van der Waals surface area contributed by atoms with Gasteiger partial charge in [-0.05, 0) is 153 Å². The molecule has 2 N–H and O–H groups in total. The van der Waals surface area contributed by atoms with E-state index in [0.29, 0.717) is 57.2 Å². The Kier molecular flexibility index (Phi) is 52.5. The summed E-state index contributed by atoms with van der Waals surface area (Å²) in [5.74, 6) is 0.632. The number of hydrogen-bond donors (Lipinski definition) is 2. The standard InChI is InChI=1S/C20H42O5.C17H36O4.C16H31NO2.C15H32O2.C14H27NO2/c1-12-15(13-22-18(2,3)4)24-17(21-11)16(25-20(8,9)10)14-23-19(5,6)7;1-9-14(10-12-19-16(2,3)4)21-15(18-8)11-13-20-17(5,6)7;1-11(2)17-12(14(19)16(6,7)8)9-10-13(18)15(3,4)5;1-9-12(10-14(2,3)4)17-13(16-8)11-15(5,6)7;1-9(2)12(16)8-11(15-10(3)4)13(17)14(5,6)7/h15-17H,12-14H2,1-11H3;14-15H,9-13H2,1-8H3;11-12,17H,9-10H2,1-8H3;12-13H,9-11H2,1-8H3;9-11,15H,8H2,1-7H3. The highest BCUT2D eigenvalue weighted by atomic mass is 16.7. The molecule has 17 nitrogen and oxygen atoms in total. The molecule has 596 valence electrons. The summed E-state index contributed by atoms with van der Waals surface area (Å²) in [6.45, 7) is 81.6. The van der Waals surface area contributed by atoms with Crippen molar-refractivity contribution in [2.24, 2.45) is 33.0 Å². The van der Waals surface area contributed by atoms with Gasteiger partial charge in [-0.1, -0.05) is 166 Å². The summed E-state index contributed by atoms with van der Waals surface area (Å²) in [6.07, 6.45) is 7.05. The van der Waals surface area contributed by atoms with E-state index in [2.05, 4.69) is 93.7 Å². The summed E-state index contributed by atoms with van der Waals surface area (Å²) in [5.41, 5.74) is -1.57. The lowest BCUT2D eigenvalue weighted by Gasteiger charge is -2.35. The highest BCUT2D eigenvalue weighted by Crippen LogP contribution is 2.30. The number of hydrogen-bond acceptors (Lipinski definition) is 17. The first-order valence-electron chi connectivity index (χ1n) is 37.7. The third-order valence-electron chi connectivity index (χ3n) is 14.5. The van der Waals surface area contributed by atoms with Crippen LogP contribution < -0.4 is 10.6 Å². The number of Topliss-reactive ketones (excluding diaryl/α,β-unsaturated/α-hetero) is 4. The molecule has 0 amide bonds. The van der Waals surface area contributed by atoms with E-state index in [4.69, 9.17) is 52.1 Å². The van der Waals surface area contributed by atoms with Crippen LogP contribution in [0.2, 0.25) is 0 Å². The van der Waals surface area contributed by atoms with Crippen LogP contribution >= 0.6 is 0 Å². The van der Waals surface area contributed by atoms with Crippen molar-refractivity contribution in [3.8, 4) is 0 Å². The molecule has 0 spiro atoms. The molecule has 0 bridgehead atoms. The molecule has 0 aromatic rings. The van der Waals surface area contributed by atoms with Gasteiger partial charge in [0, 0.05) is 87.9 Å². The van der Waals surface area contributed by atoms with Crippen LogP contribution in [-0.4, -0.2) is 166 Å². The molecule has 0 fully saturated rings. The van der Waals surface area contributed by atoms with Crippen molar-refractivity contribution in [3.63, 3.8) is 0 Å². The van der Waals surface area contributed by atoms with Gasteiger partial charge in [0.1, 0.15) is 17.7 Å². The van der Waals surface area contributed by atoms with Crippen molar-refractivity contribution in [2.75, 3.05) is 47.8 Å². The van der Waals surface area contributed by atoms with Gasteiger partial charge >= 0.3 is 0 Å². The molecule has 0 aliphatic rings. The van der Waals surface area contributed by atoms with Gasteiger partial charge in [0.15, 0.2) is 30.4 Å². The van der Waals surface area contributed by atoms with E-state index in [-0.39, 0.29) is 128 Å². The summed E-state index contributed by atoms with van der Waals surface area (Å²) < 4.78 is 64.1. The first kappa shape index (κ1) is 106. The fraction of sp³-hybridized carbons (Fsp3) is 0.951. The number of methoxy groups -OCH3 is 3. The van der Waals surface area contributed by atoms with Gasteiger partial charge in [0.05, 0.1) is 78.2 Å². The van der Waals surface area contributed by atoms with Crippen LogP contribution in [0.3, 0.4) is 0 Å². The number of nitrogens with one attached hydrogen (secondary N) is 2. The van der Waals surface area contributed by atoms with Gasteiger partial charge in [-0.25, -0.2) is 0 Å². The Morgan fingerprint density at radius 3 is 1.10 bits per heavy atom. The van der Waals surface area contributed by atoms with E-state index in [9.17, 15) is 19.2 Å². The lowest BCUT2D eigenvalue weighted by Crippen LogP contribution is -2.47. The fourth-order valence-corrected chi connectivity index (χ4v) is 9.15. The third kappa shape index (κ3) is 65.4. The van der Waals surface area contributed by atoms with Gasteiger partial charge in [-0.2, -0.15) is 0 Å². The van der Waals surface area contributed by atoms with Crippen molar-refractivity contribution >= 4 is 23.1 Å². The maximum atomic E-state index is 12.4. The van der Waals surface area contributed by atoms with Gasteiger partial charge in [0.2, 0.25) is 0 Å². The number of ketones is 4. The van der Waals surface area contributed by atoms with Gasteiger partial charge < -0.3 is 62.7 Å². The average Bonchev–Trinajstić information content (AvgIpc) is 0.872. The molecule has 9 unspecified atom stereocenters. The van der Waals surface area contributed by atoms with Gasteiger partial charge in [-0.3, -0.25) is 19.2 Å². The van der Waals surface area contributed by atoms with E-state index >= 15 is 0 Å². The molecular formula is C82H168N2O15. The zero-order chi connectivity index (χ0) is 79.3. The first-order valence-corrected chi connectivity index (χ1v) is 37.7. The summed E-state index contributed by atoms with van der Waals surface area (Å²) in [6, 6.07) is -0.150. The molecular weight excluding hydrogens is 1250 g/mol. The Balaban J connectivity index is -0.000000375. The van der Waals surface area contributed by atoms with Crippen LogP contribution in [0.4, 0.5) is 0 Å². The van der Waals surface area contributed by atoms with Crippen LogP contribution in [0.1, 0.15) is 334 Å². The maximum absolute atomic E-state index is 12.4. The number of ether oxygens (including phenoxy) is 11. The molecule has 9 atom stereocenters. The normalized spacial score (nSPS) is 15.9. The second-order valence-corrected chi connectivity index (χ2v) is 38.1. The Bertz CT molecular complexity index is 2030. The Labute approximate surface area is 612 Å². The minimum atomic E-state index is -0.518. The number of carbonyl (C=O) groups is 4. The Morgan fingerprint density at radius 1 is 0.384 bits per heavy atom. The first-order chi connectivity index (χ1) is 44.2. The minimum Gasteiger partial charge on any atom is -0.376 e. The van der Waals surface area contributed by atoms with E-state index in [1.165, 1.54) is 0 Å². The minimum absolute atomic E-state index is 0.0146. The summed E-state index contributed by atoms with van der Waals surface area (Å²) >= 11 is 0. The molecule has 0 saturated carbocycles. The summed E-state index contributed by atoms with van der Waals surface area (Å²) in [4.78, 5) is 48.4. The second-order valence-electron chi connectivity index (χ2n) is 38.1.